The molecular formula is C11H20N6O3. The number of nitro groups is 1. The van der Waals surface area contributed by atoms with Gasteiger partial charge in [0.1, 0.15) is 12.3 Å². The van der Waals surface area contributed by atoms with Gasteiger partial charge in [-0.05, 0) is 20.0 Å². The maximum atomic E-state index is 11.0. The number of nitrogens with two attached hydrogens (primary N) is 1. The third-order valence-corrected chi connectivity index (χ3v) is 2.88. The first kappa shape index (κ1) is 16.1. The van der Waals surface area contributed by atoms with Crippen molar-refractivity contribution in [3.05, 3.63) is 15.8 Å². The Morgan fingerprint density at radius 3 is 2.55 bits per heavy atom. The van der Waals surface area contributed by atoms with Crippen molar-refractivity contribution in [3.63, 3.8) is 0 Å². The summed E-state index contributed by atoms with van der Waals surface area (Å²) in [6, 6.07) is 0. The van der Waals surface area contributed by atoms with Gasteiger partial charge in [-0.1, -0.05) is 13.8 Å². The Bertz CT molecular complexity index is 464. The van der Waals surface area contributed by atoms with E-state index in [1.807, 2.05) is 13.8 Å². The lowest BCUT2D eigenvalue weighted by atomic mass is 10.3. The van der Waals surface area contributed by atoms with E-state index < -0.39 is 4.92 Å². The zero-order valence-electron chi connectivity index (χ0n) is 11.9. The number of nitrogen functional groups attached to an aromatic ring is 1. The largest absolute Gasteiger partial charge is 0.471 e. The molecule has 0 saturated carbocycles. The molecule has 0 spiro atoms. The predicted octanol–water partition coefficient (Wildman–Crippen LogP) is 0.699. The number of nitrogens with zero attached hydrogens (tertiary/aromatic N) is 4. The third kappa shape index (κ3) is 4.00. The maximum absolute atomic E-state index is 11.0. The Morgan fingerprint density at radius 2 is 2.05 bits per heavy atom. The van der Waals surface area contributed by atoms with E-state index in [0.29, 0.717) is 13.2 Å². The molecule has 1 rings (SSSR count). The number of hydrogen-bond donors (Lipinski definition) is 2. The molecule has 0 fully saturated rings. The molecule has 20 heavy (non-hydrogen) atoms. The number of nitrogens with one attached hydrogen (secondary N) is 1. The molecule has 9 nitrogen and oxygen atoms in total. The Kier molecular flexibility index (Phi) is 6.07. The van der Waals surface area contributed by atoms with E-state index in [4.69, 9.17) is 10.6 Å². The van der Waals surface area contributed by atoms with Crippen LogP contribution in [0.4, 0.5) is 11.6 Å². The standard InChI is InChI=1S/C11H20N6O3/c1-4-16(5-2)6-7-20-10-9(17(18)19)8(3)13-11(14-10)15-12/h4-7,12H2,1-3H3,(H,13,14,15). The minimum absolute atomic E-state index is 0.0670. The van der Waals surface area contributed by atoms with E-state index >= 15 is 0 Å². The molecule has 0 bridgehead atoms. The normalized spacial score (nSPS) is 10.7. The van der Waals surface area contributed by atoms with Gasteiger partial charge >= 0.3 is 5.69 Å². The lowest BCUT2D eigenvalue weighted by Crippen LogP contribution is -2.28. The van der Waals surface area contributed by atoms with Gasteiger partial charge < -0.3 is 9.64 Å². The molecule has 0 atom stereocenters. The van der Waals surface area contributed by atoms with Crippen LogP contribution in [-0.2, 0) is 0 Å². The molecule has 0 saturated heterocycles. The Hall–Kier alpha value is -2.00. The van der Waals surface area contributed by atoms with Gasteiger partial charge in [-0.2, -0.15) is 4.98 Å². The number of hydrazine groups is 1. The molecule has 0 aliphatic heterocycles. The minimum Gasteiger partial charge on any atom is -0.471 e. The summed E-state index contributed by atoms with van der Waals surface area (Å²) in [5.41, 5.74) is 2.23. The van der Waals surface area contributed by atoms with Crippen LogP contribution in [-0.4, -0.2) is 46.0 Å². The molecule has 0 aromatic carbocycles. The first-order chi connectivity index (χ1) is 9.53. The quantitative estimate of drug-likeness (QED) is 0.406. The van der Waals surface area contributed by atoms with Crippen molar-refractivity contribution in [1.29, 1.82) is 0 Å². The van der Waals surface area contributed by atoms with Crippen LogP contribution < -0.4 is 16.0 Å². The summed E-state index contributed by atoms with van der Waals surface area (Å²) in [5.74, 6) is 5.25. The second-order valence-corrected chi connectivity index (χ2v) is 4.06. The highest BCUT2D eigenvalue weighted by Gasteiger charge is 2.23. The lowest BCUT2D eigenvalue weighted by Gasteiger charge is -2.17. The topological polar surface area (TPSA) is 119 Å². The van der Waals surface area contributed by atoms with Gasteiger partial charge in [0, 0.05) is 6.54 Å². The molecule has 1 heterocycles. The van der Waals surface area contributed by atoms with Gasteiger partial charge in [-0.25, -0.2) is 10.8 Å². The van der Waals surface area contributed by atoms with Crippen LogP contribution in [0.1, 0.15) is 19.5 Å². The summed E-state index contributed by atoms with van der Waals surface area (Å²) in [4.78, 5) is 20.4. The number of likely N-dealkylation sites (N-methyl/N-ethyl adjacent to an activating group) is 1. The molecule has 112 valence electrons. The van der Waals surface area contributed by atoms with E-state index in [2.05, 4.69) is 20.3 Å². The molecule has 1 aromatic heterocycles. The highest BCUT2D eigenvalue weighted by Crippen LogP contribution is 2.28. The van der Waals surface area contributed by atoms with Crippen molar-refractivity contribution in [1.82, 2.24) is 14.9 Å². The number of ether oxygens (including phenoxy) is 1. The van der Waals surface area contributed by atoms with E-state index in [-0.39, 0.29) is 23.2 Å². The van der Waals surface area contributed by atoms with E-state index in [0.717, 1.165) is 13.1 Å². The molecule has 0 aliphatic rings. The van der Waals surface area contributed by atoms with Gasteiger partial charge in [-0.15, -0.1) is 0 Å². The number of rotatable bonds is 8. The highest BCUT2D eigenvalue weighted by atomic mass is 16.6. The Morgan fingerprint density at radius 1 is 1.40 bits per heavy atom. The summed E-state index contributed by atoms with van der Waals surface area (Å²) in [6.07, 6.45) is 0. The number of aromatic nitrogens is 2. The zero-order chi connectivity index (χ0) is 15.1. The smallest absolute Gasteiger partial charge is 0.352 e. The van der Waals surface area contributed by atoms with Crippen molar-refractivity contribution in [2.75, 3.05) is 31.7 Å². The average Bonchev–Trinajstić information content (AvgIpc) is 2.42. The average molecular weight is 284 g/mol. The van der Waals surface area contributed by atoms with Gasteiger partial charge in [0.2, 0.25) is 5.95 Å². The fourth-order valence-corrected chi connectivity index (χ4v) is 1.73. The van der Waals surface area contributed by atoms with Gasteiger partial charge in [0.15, 0.2) is 0 Å². The van der Waals surface area contributed by atoms with E-state index in [1.165, 1.54) is 6.92 Å². The molecule has 9 heteroatoms. The molecular weight excluding hydrogens is 264 g/mol. The molecule has 1 aromatic rings. The van der Waals surface area contributed by atoms with Crippen molar-refractivity contribution in [2.24, 2.45) is 5.84 Å². The second kappa shape index (κ2) is 7.56. The van der Waals surface area contributed by atoms with Crippen LogP contribution in [0.25, 0.3) is 0 Å². The van der Waals surface area contributed by atoms with Crippen LogP contribution in [0.15, 0.2) is 0 Å². The highest BCUT2D eigenvalue weighted by molar-refractivity contribution is 5.48. The predicted molar refractivity (Wildman–Crippen MR) is 74.5 cm³/mol. The molecule has 3 N–H and O–H groups in total. The lowest BCUT2D eigenvalue weighted by molar-refractivity contribution is -0.387. The first-order valence-electron chi connectivity index (χ1n) is 6.38. The summed E-state index contributed by atoms with van der Waals surface area (Å²) >= 11 is 0. The summed E-state index contributed by atoms with van der Waals surface area (Å²) in [7, 11) is 0. The fourth-order valence-electron chi connectivity index (χ4n) is 1.73. The van der Waals surface area contributed by atoms with Crippen LogP contribution in [0.5, 0.6) is 5.88 Å². The maximum Gasteiger partial charge on any atom is 0.352 e. The summed E-state index contributed by atoms with van der Waals surface area (Å²) in [6.45, 7) is 8.34. The third-order valence-electron chi connectivity index (χ3n) is 2.88. The molecule has 0 amide bonds. The van der Waals surface area contributed by atoms with Crippen molar-refractivity contribution >= 4 is 11.6 Å². The number of hydrogen-bond acceptors (Lipinski definition) is 8. The fraction of sp³-hybridized carbons (Fsp3) is 0.636. The Labute approximate surface area is 117 Å². The molecule has 0 unspecified atom stereocenters. The van der Waals surface area contributed by atoms with Crippen LogP contribution in [0, 0.1) is 17.0 Å². The van der Waals surface area contributed by atoms with E-state index in [1.54, 1.807) is 0 Å². The first-order valence-corrected chi connectivity index (χ1v) is 6.38. The van der Waals surface area contributed by atoms with E-state index in [9.17, 15) is 10.1 Å². The van der Waals surface area contributed by atoms with Gasteiger partial charge in [0.25, 0.3) is 5.88 Å². The number of aryl methyl sites for hydroxylation is 1. The van der Waals surface area contributed by atoms with Crippen molar-refractivity contribution in [2.45, 2.75) is 20.8 Å². The van der Waals surface area contributed by atoms with Crippen molar-refractivity contribution < 1.29 is 9.66 Å². The zero-order valence-corrected chi connectivity index (χ0v) is 11.9. The molecule has 0 radical (unpaired) electrons. The summed E-state index contributed by atoms with van der Waals surface area (Å²) < 4.78 is 5.43. The van der Waals surface area contributed by atoms with Crippen molar-refractivity contribution in [3.8, 4) is 5.88 Å². The van der Waals surface area contributed by atoms with Crippen LogP contribution >= 0.6 is 0 Å². The van der Waals surface area contributed by atoms with Crippen LogP contribution in [0.3, 0.4) is 0 Å². The number of anilines is 1. The monoisotopic (exact) mass is 284 g/mol. The SMILES string of the molecule is CCN(CC)CCOc1nc(NN)nc(C)c1[N+](=O)[O-]. The van der Waals surface area contributed by atoms with Gasteiger partial charge in [0.05, 0.1) is 4.92 Å². The van der Waals surface area contributed by atoms with Gasteiger partial charge in [-0.3, -0.25) is 15.5 Å². The van der Waals surface area contributed by atoms with Crippen LogP contribution in [0.2, 0.25) is 0 Å². The Balaban J connectivity index is 2.86. The summed E-state index contributed by atoms with van der Waals surface area (Å²) in [5, 5.41) is 11.0. The minimum atomic E-state index is -0.553. The molecule has 0 aliphatic carbocycles. The second-order valence-electron chi connectivity index (χ2n) is 4.06.